The molecule has 2 rings (SSSR count). The Morgan fingerprint density at radius 2 is 2.21 bits per heavy atom. The second-order valence-corrected chi connectivity index (χ2v) is 6.04. The first-order chi connectivity index (χ1) is 8.86. The topological polar surface area (TPSA) is 81.2 Å². The van der Waals surface area contributed by atoms with E-state index in [1.807, 2.05) is 13.8 Å². The highest BCUT2D eigenvalue weighted by molar-refractivity contribution is 9.10. The molecule has 0 aromatic carbocycles. The molecule has 2 amide bonds. The molecule has 0 atom stereocenters. The third-order valence-corrected chi connectivity index (χ3v) is 3.73. The van der Waals surface area contributed by atoms with Gasteiger partial charge in [0.2, 0.25) is 5.91 Å². The van der Waals surface area contributed by atoms with Crippen molar-refractivity contribution in [1.82, 2.24) is 14.7 Å². The SMILES string of the molecule is CC(C)N(CC(N)=O)C(=O)C1(n2cc(Br)cn2)CC1. The van der Waals surface area contributed by atoms with Gasteiger partial charge in [-0.2, -0.15) is 5.10 Å². The molecule has 0 aliphatic heterocycles. The number of aromatic nitrogens is 2. The predicted molar refractivity (Wildman–Crippen MR) is 73.2 cm³/mol. The summed E-state index contributed by atoms with van der Waals surface area (Å²) in [5, 5.41) is 4.20. The molecule has 0 bridgehead atoms. The van der Waals surface area contributed by atoms with Gasteiger partial charge in [0.15, 0.2) is 0 Å². The predicted octanol–water partition coefficient (Wildman–Crippen LogP) is 0.857. The van der Waals surface area contributed by atoms with Crippen molar-refractivity contribution in [3.05, 3.63) is 16.9 Å². The van der Waals surface area contributed by atoms with Gasteiger partial charge < -0.3 is 10.6 Å². The molecule has 7 heteroatoms. The van der Waals surface area contributed by atoms with E-state index in [2.05, 4.69) is 21.0 Å². The second kappa shape index (κ2) is 4.96. The van der Waals surface area contributed by atoms with Crippen LogP contribution in [0, 0.1) is 0 Å². The minimum atomic E-state index is -0.633. The maximum Gasteiger partial charge on any atom is 0.251 e. The summed E-state index contributed by atoms with van der Waals surface area (Å²) in [7, 11) is 0. The maximum atomic E-state index is 12.7. The van der Waals surface area contributed by atoms with E-state index in [0.717, 1.165) is 17.3 Å². The number of amides is 2. The molecule has 104 valence electrons. The molecule has 1 fully saturated rings. The molecule has 1 heterocycles. The van der Waals surface area contributed by atoms with Gasteiger partial charge in [0.25, 0.3) is 5.91 Å². The van der Waals surface area contributed by atoms with Crippen molar-refractivity contribution in [2.24, 2.45) is 5.73 Å². The zero-order chi connectivity index (χ0) is 14.2. The van der Waals surface area contributed by atoms with Crippen LogP contribution in [-0.2, 0) is 15.1 Å². The van der Waals surface area contributed by atoms with E-state index in [-0.39, 0.29) is 18.5 Å². The molecular weight excluding hydrogens is 312 g/mol. The molecule has 0 radical (unpaired) electrons. The number of rotatable bonds is 5. The smallest absolute Gasteiger partial charge is 0.251 e. The fourth-order valence-electron chi connectivity index (χ4n) is 2.12. The van der Waals surface area contributed by atoms with Gasteiger partial charge in [-0.15, -0.1) is 0 Å². The van der Waals surface area contributed by atoms with Crippen molar-refractivity contribution < 1.29 is 9.59 Å². The van der Waals surface area contributed by atoms with Crippen LogP contribution in [0.4, 0.5) is 0 Å². The van der Waals surface area contributed by atoms with Crippen LogP contribution >= 0.6 is 15.9 Å². The van der Waals surface area contributed by atoms with Gasteiger partial charge in [-0.1, -0.05) is 0 Å². The van der Waals surface area contributed by atoms with E-state index in [9.17, 15) is 9.59 Å². The van der Waals surface area contributed by atoms with E-state index in [0.29, 0.717) is 0 Å². The zero-order valence-electron chi connectivity index (χ0n) is 11.0. The average Bonchev–Trinajstić information content (AvgIpc) is 3.02. The lowest BCUT2D eigenvalue weighted by molar-refractivity contribution is -0.141. The molecule has 6 nitrogen and oxygen atoms in total. The van der Waals surface area contributed by atoms with Crippen LogP contribution in [-0.4, -0.2) is 39.1 Å². The van der Waals surface area contributed by atoms with Crippen molar-refractivity contribution in [1.29, 1.82) is 0 Å². The molecule has 0 saturated heterocycles. The lowest BCUT2D eigenvalue weighted by Crippen LogP contribution is -2.49. The standard InChI is InChI=1S/C12H17BrN4O2/c1-8(2)16(7-10(14)18)11(19)12(3-4-12)17-6-9(13)5-15-17/h5-6,8H,3-4,7H2,1-2H3,(H2,14,18). The molecule has 1 aliphatic rings. The van der Waals surface area contributed by atoms with E-state index in [1.165, 1.54) is 4.90 Å². The number of primary amides is 1. The second-order valence-electron chi connectivity index (χ2n) is 5.13. The van der Waals surface area contributed by atoms with Gasteiger partial charge in [-0.3, -0.25) is 14.3 Å². The summed E-state index contributed by atoms with van der Waals surface area (Å²) in [6.07, 6.45) is 4.92. The third-order valence-electron chi connectivity index (χ3n) is 3.32. The minimum absolute atomic E-state index is 0.0549. The summed E-state index contributed by atoms with van der Waals surface area (Å²) in [5.74, 6) is -0.587. The van der Waals surface area contributed by atoms with Gasteiger partial charge in [-0.25, -0.2) is 0 Å². The summed E-state index contributed by atoms with van der Waals surface area (Å²) in [4.78, 5) is 25.3. The monoisotopic (exact) mass is 328 g/mol. The number of carbonyl (C=O) groups is 2. The first-order valence-electron chi connectivity index (χ1n) is 6.17. The summed E-state index contributed by atoms with van der Waals surface area (Å²) < 4.78 is 2.51. The Kier molecular flexibility index (Phi) is 3.66. The Morgan fingerprint density at radius 3 is 2.58 bits per heavy atom. The van der Waals surface area contributed by atoms with Crippen LogP contribution in [0.25, 0.3) is 0 Å². The van der Waals surface area contributed by atoms with Crippen LogP contribution in [0.15, 0.2) is 16.9 Å². The number of halogens is 1. The van der Waals surface area contributed by atoms with E-state index in [1.54, 1.807) is 17.1 Å². The third kappa shape index (κ3) is 2.65. The highest BCUT2D eigenvalue weighted by Gasteiger charge is 2.54. The summed E-state index contributed by atoms with van der Waals surface area (Å²) in [5.41, 5.74) is 4.58. The number of carbonyl (C=O) groups excluding carboxylic acids is 2. The lowest BCUT2D eigenvalue weighted by Gasteiger charge is -2.29. The van der Waals surface area contributed by atoms with E-state index < -0.39 is 11.4 Å². The van der Waals surface area contributed by atoms with Gasteiger partial charge >= 0.3 is 0 Å². The summed E-state index contributed by atoms with van der Waals surface area (Å²) >= 11 is 3.33. The van der Waals surface area contributed by atoms with Crippen LogP contribution in [0.5, 0.6) is 0 Å². The van der Waals surface area contributed by atoms with Crippen LogP contribution in [0.1, 0.15) is 26.7 Å². The normalized spacial score (nSPS) is 16.4. The van der Waals surface area contributed by atoms with Crippen molar-refractivity contribution >= 4 is 27.7 Å². The molecule has 1 aromatic rings. The van der Waals surface area contributed by atoms with Crippen molar-refractivity contribution in [3.8, 4) is 0 Å². The van der Waals surface area contributed by atoms with Gasteiger partial charge in [0, 0.05) is 12.2 Å². The van der Waals surface area contributed by atoms with E-state index in [4.69, 9.17) is 5.73 Å². The molecule has 2 N–H and O–H groups in total. The maximum absolute atomic E-state index is 12.7. The first-order valence-corrected chi connectivity index (χ1v) is 6.96. The Morgan fingerprint density at radius 1 is 1.58 bits per heavy atom. The molecule has 1 aliphatic carbocycles. The quantitative estimate of drug-likeness (QED) is 0.870. The van der Waals surface area contributed by atoms with Crippen molar-refractivity contribution in [2.75, 3.05) is 6.54 Å². The van der Waals surface area contributed by atoms with Crippen LogP contribution < -0.4 is 5.73 Å². The van der Waals surface area contributed by atoms with Crippen LogP contribution in [0.2, 0.25) is 0 Å². The zero-order valence-corrected chi connectivity index (χ0v) is 12.6. The Balaban J connectivity index is 2.24. The molecule has 1 aromatic heterocycles. The number of nitrogens with zero attached hydrogens (tertiary/aromatic N) is 3. The average molecular weight is 329 g/mol. The van der Waals surface area contributed by atoms with Crippen molar-refractivity contribution in [2.45, 2.75) is 38.3 Å². The molecule has 0 spiro atoms. The number of hydrogen-bond acceptors (Lipinski definition) is 3. The Hall–Kier alpha value is -1.37. The molecular formula is C12H17BrN4O2. The minimum Gasteiger partial charge on any atom is -0.368 e. The molecule has 19 heavy (non-hydrogen) atoms. The molecule has 1 saturated carbocycles. The first kappa shape index (κ1) is 14.0. The van der Waals surface area contributed by atoms with Gasteiger partial charge in [0.05, 0.1) is 17.2 Å². The Labute approximate surface area is 120 Å². The summed E-state index contributed by atoms with van der Waals surface area (Å²) in [6.45, 7) is 3.69. The van der Waals surface area contributed by atoms with Crippen molar-refractivity contribution in [3.63, 3.8) is 0 Å². The highest BCUT2D eigenvalue weighted by atomic mass is 79.9. The fraction of sp³-hybridized carbons (Fsp3) is 0.583. The number of nitrogens with two attached hydrogens (primary N) is 1. The Bertz CT molecular complexity index is 508. The largest absolute Gasteiger partial charge is 0.368 e. The van der Waals surface area contributed by atoms with Gasteiger partial charge in [0.1, 0.15) is 5.54 Å². The van der Waals surface area contributed by atoms with Gasteiger partial charge in [-0.05, 0) is 42.6 Å². The highest BCUT2D eigenvalue weighted by Crippen LogP contribution is 2.45. The van der Waals surface area contributed by atoms with Crippen LogP contribution in [0.3, 0.4) is 0 Å². The fourth-order valence-corrected chi connectivity index (χ4v) is 2.40. The number of hydrogen-bond donors (Lipinski definition) is 1. The van der Waals surface area contributed by atoms with E-state index >= 15 is 0 Å². The molecule has 0 unspecified atom stereocenters. The lowest BCUT2D eigenvalue weighted by atomic mass is 10.2. The summed E-state index contributed by atoms with van der Waals surface area (Å²) in [6, 6.07) is -0.0727.